The highest BCUT2D eigenvalue weighted by molar-refractivity contribution is 6.04. The number of ether oxygens (including phenoxy) is 1. The Labute approximate surface area is 157 Å². The lowest BCUT2D eigenvalue weighted by atomic mass is 9.86. The van der Waals surface area contributed by atoms with E-state index in [0.717, 1.165) is 50.0 Å². The second-order valence-electron chi connectivity index (χ2n) is 7.75. The maximum atomic E-state index is 9.42. The molecule has 0 N–H and O–H groups in total. The Morgan fingerprint density at radius 1 is 1.00 bits per heavy atom. The van der Waals surface area contributed by atoms with E-state index in [1.165, 1.54) is 0 Å². The van der Waals surface area contributed by atoms with Crippen LogP contribution in [0.25, 0.3) is 32.9 Å². The minimum absolute atomic E-state index is 0.427. The second kappa shape index (κ2) is 5.56. The van der Waals surface area contributed by atoms with Gasteiger partial charge in [-0.2, -0.15) is 5.26 Å². The van der Waals surface area contributed by atoms with Gasteiger partial charge in [0.05, 0.1) is 17.0 Å². The summed E-state index contributed by atoms with van der Waals surface area (Å²) in [6.45, 7) is 3.93. The molecule has 0 spiro atoms. The van der Waals surface area contributed by atoms with Gasteiger partial charge in [-0.1, -0.05) is 42.5 Å². The number of fused-ring (bicyclic) bond motifs is 3. The summed E-state index contributed by atoms with van der Waals surface area (Å²) in [6.07, 6.45) is 0.674. The summed E-state index contributed by atoms with van der Waals surface area (Å²) in [7, 11) is 0. The summed E-state index contributed by atoms with van der Waals surface area (Å²) in [5.41, 5.74) is 3.61. The van der Waals surface area contributed by atoms with Crippen LogP contribution in [0, 0.1) is 16.7 Å². The molecular weight excluding hydrogens is 332 g/mol. The molecular formula is C24H18N2O. The van der Waals surface area contributed by atoms with Gasteiger partial charge in [0.1, 0.15) is 11.4 Å². The van der Waals surface area contributed by atoms with Crippen molar-refractivity contribution in [2.24, 2.45) is 5.41 Å². The van der Waals surface area contributed by atoms with Crippen LogP contribution < -0.4 is 4.74 Å². The maximum absolute atomic E-state index is 9.42. The average molecular weight is 350 g/mol. The van der Waals surface area contributed by atoms with E-state index in [1.54, 1.807) is 0 Å². The molecule has 0 atom stereocenters. The fourth-order valence-electron chi connectivity index (χ4n) is 3.89. The van der Waals surface area contributed by atoms with Crippen molar-refractivity contribution < 1.29 is 4.74 Å². The number of nitriles is 1. The SMILES string of the molecule is CC(C)(C#N)Cc1cccc2nc3c(cc12)Oc1cccc2cccc-3c12. The smallest absolute Gasteiger partial charge is 0.154 e. The molecule has 3 nitrogen and oxygen atoms in total. The second-order valence-corrected chi connectivity index (χ2v) is 7.75. The number of hydrogen-bond donors (Lipinski definition) is 0. The number of benzene rings is 3. The molecule has 1 aliphatic heterocycles. The molecule has 1 aromatic heterocycles. The molecule has 0 amide bonds. The first-order chi connectivity index (χ1) is 13.1. The summed E-state index contributed by atoms with van der Waals surface area (Å²) in [5.74, 6) is 1.64. The highest BCUT2D eigenvalue weighted by Gasteiger charge is 2.24. The number of aromatic nitrogens is 1. The molecule has 0 unspecified atom stereocenters. The first-order valence-electron chi connectivity index (χ1n) is 9.10. The number of nitrogens with zero attached hydrogens (tertiary/aromatic N) is 2. The van der Waals surface area contributed by atoms with Crippen LogP contribution in [0.1, 0.15) is 19.4 Å². The number of rotatable bonds is 2. The molecule has 4 aromatic rings. The average Bonchev–Trinajstić information content (AvgIpc) is 2.67. The van der Waals surface area contributed by atoms with Crippen LogP contribution in [-0.2, 0) is 6.42 Å². The molecule has 130 valence electrons. The molecule has 0 bridgehead atoms. The van der Waals surface area contributed by atoms with Crippen molar-refractivity contribution in [3.05, 3.63) is 66.2 Å². The fraction of sp³-hybridized carbons (Fsp3) is 0.167. The Morgan fingerprint density at radius 3 is 2.59 bits per heavy atom. The monoisotopic (exact) mass is 350 g/mol. The maximum Gasteiger partial charge on any atom is 0.154 e. The van der Waals surface area contributed by atoms with Crippen LogP contribution in [0.4, 0.5) is 0 Å². The molecule has 0 radical (unpaired) electrons. The largest absolute Gasteiger partial charge is 0.454 e. The standard InChI is InChI=1S/C24H18N2O/c1-24(2,14-25)13-16-8-4-10-19-18(16)12-21-23(26-19)17-9-3-6-15-7-5-11-20(27-21)22(15)17/h3-12H,13H2,1-2H3. The van der Waals surface area contributed by atoms with Gasteiger partial charge in [-0.25, -0.2) is 4.98 Å². The Hall–Kier alpha value is -3.38. The highest BCUT2D eigenvalue weighted by Crippen LogP contribution is 2.46. The lowest BCUT2D eigenvalue weighted by molar-refractivity contribution is 0.484. The van der Waals surface area contributed by atoms with Gasteiger partial charge in [0.2, 0.25) is 0 Å². The summed E-state index contributed by atoms with van der Waals surface area (Å²) in [6, 6.07) is 23.0. The Morgan fingerprint density at radius 2 is 1.78 bits per heavy atom. The van der Waals surface area contributed by atoms with Crippen LogP contribution in [-0.4, -0.2) is 4.98 Å². The van der Waals surface area contributed by atoms with Gasteiger partial charge in [0, 0.05) is 16.3 Å². The molecule has 1 aliphatic rings. The fourth-order valence-corrected chi connectivity index (χ4v) is 3.89. The van der Waals surface area contributed by atoms with Gasteiger partial charge >= 0.3 is 0 Å². The van der Waals surface area contributed by atoms with Gasteiger partial charge in [-0.05, 0) is 49.4 Å². The minimum atomic E-state index is -0.427. The van der Waals surface area contributed by atoms with E-state index >= 15 is 0 Å². The van der Waals surface area contributed by atoms with Gasteiger partial charge < -0.3 is 4.74 Å². The third kappa shape index (κ3) is 2.45. The topological polar surface area (TPSA) is 45.9 Å². The molecule has 0 fully saturated rings. The van der Waals surface area contributed by atoms with Gasteiger partial charge in [-0.15, -0.1) is 0 Å². The molecule has 0 aliphatic carbocycles. The van der Waals surface area contributed by atoms with Crippen molar-refractivity contribution in [1.82, 2.24) is 4.98 Å². The van der Waals surface area contributed by atoms with Crippen molar-refractivity contribution in [2.45, 2.75) is 20.3 Å². The predicted molar refractivity (Wildman–Crippen MR) is 108 cm³/mol. The highest BCUT2D eigenvalue weighted by atomic mass is 16.5. The van der Waals surface area contributed by atoms with Crippen LogP contribution in [0.2, 0.25) is 0 Å². The van der Waals surface area contributed by atoms with E-state index < -0.39 is 5.41 Å². The summed E-state index contributed by atoms with van der Waals surface area (Å²) < 4.78 is 6.24. The van der Waals surface area contributed by atoms with Crippen molar-refractivity contribution in [1.29, 1.82) is 5.26 Å². The first-order valence-corrected chi connectivity index (χ1v) is 9.10. The van der Waals surface area contributed by atoms with Crippen molar-refractivity contribution in [2.75, 3.05) is 0 Å². The molecule has 3 aromatic carbocycles. The van der Waals surface area contributed by atoms with E-state index in [1.807, 2.05) is 38.1 Å². The molecule has 0 saturated heterocycles. The third-order valence-electron chi connectivity index (χ3n) is 5.19. The van der Waals surface area contributed by atoms with Crippen LogP contribution in [0.15, 0.2) is 60.7 Å². The van der Waals surface area contributed by atoms with E-state index in [9.17, 15) is 5.26 Å². The molecule has 0 saturated carbocycles. The zero-order valence-corrected chi connectivity index (χ0v) is 15.3. The predicted octanol–water partition coefficient (Wildman–Crippen LogP) is 6.25. The Kier molecular flexibility index (Phi) is 3.26. The van der Waals surface area contributed by atoms with E-state index in [4.69, 9.17) is 9.72 Å². The van der Waals surface area contributed by atoms with Crippen molar-refractivity contribution in [3.8, 4) is 28.8 Å². The molecule has 5 rings (SSSR count). The van der Waals surface area contributed by atoms with E-state index in [-0.39, 0.29) is 0 Å². The zero-order chi connectivity index (χ0) is 18.6. The minimum Gasteiger partial charge on any atom is -0.454 e. The summed E-state index contributed by atoms with van der Waals surface area (Å²) in [4.78, 5) is 4.95. The molecule has 27 heavy (non-hydrogen) atoms. The van der Waals surface area contributed by atoms with Gasteiger partial charge in [0.15, 0.2) is 5.75 Å². The zero-order valence-electron chi connectivity index (χ0n) is 15.3. The number of pyridine rings is 1. The van der Waals surface area contributed by atoms with Crippen molar-refractivity contribution in [3.63, 3.8) is 0 Å². The Bertz CT molecular complexity index is 1260. The number of hydrogen-bond acceptors (Lipinski definition) is 3. The normalized spacial score (nSPS) is 12.5. The Balaban J connectivity index is 1.76. The van der Waals surface area contributed by atoms with E-state index in [2.05, 4.69) is 42.5 Å². The third-order valence-corrected chi connectivity index (χ3v) is 5.19. The quantitative estimate of drug-likeness (QED) is 0.378. The van der Waals surface area contributed by atoms with E-state index in [0.29, 0.717) is 6.42 Å². The molecule has 3 heteroatoms. The summed E-state index contributed by atoms with van der Waals surface area (Å²) >= 11 is 0. The lowest BCUT2D eigenvalue weighted by Crippen LogP contribution is -2.12. The first kappa shape index (κ1) is 15.8. The lowest BCUT2D eigenvalue weighted by Gasteiger charge is -2.22. The molecule has 2 heterocycles. The van der Waals surface area contributed by atoms with Gasteiger partial charge in [0.25, 0.3) is 0 Å². The van der Waals surface area contributed by atoms with Crippen LogP contribution in [0.3, 0.4) is 0 Å². The summed E-state index contributed by atoms with van der Waals surface area (Å²) in [5, 5.41) is 12.7. The van der Waals surface area contributed by atoms with Crippen LogP contribution in [0.5, 0.6) is 11.5 Å². The van der Waals surface area contributed by atoms with Crippen LogP contribution >= 0.6 is 0 Å². The van der Waals surface area contributed by atoms with Crippen molar-refractivity contribution >= 4 is 21.7 Å². The van der Waals surface area contributed by atoms with Gasteiger partial charge in [-0.3, -0.25) is 0 Å².